The second kappa shape index (κ2) is 7.65. The van der Waals surface area contributed by atoms with Gasteiger partial charge in [0, 0.05) is 22.9 Å². The van der Waals surface area contributed by atoms with Crippen LogP contribution in [0.3, 0.4) is 0 Å². The number of amides is 1. The van der Waals surface area contributed by atoms with Gasteiger partial charge in [-0.1, -0.05) is 29.8 Å². The number of aromatic nitrogens is 1. The lowest BCUT2D eigenvalue weighted by molar-refractivity contribution is 0.102. The molecule has 1 heterocycles. The van der Waals surface area contributed by atoms with Crippen LogP contribution in [-0.2, 0) is 6.54 Å². The summed E-state index contributed by atoms with van der Waals surface area (Å²) in [6.45, 7) is 2.32. The van der Waals surface area contributed by atoms with Crippen LogP contribution < -0.4 is 16.4 Å². The summed E-state index contributed by atoms with van der Waals surface area (Å²) in [6.07, 6.45) is 0. The standard InChI is InChI=1S/C18H17ClN4OS/c1-11-21-16(17(24)22-15-7-3-5-13(19)9-15)18(25-11)23-14-6-2-4-12(8-14)10-20/h2-9,23H,10,20H2,1H3,(H,22,24). The molecule has 5 nitrogen and oxygen atoms in total. The number of anilines is 3. The normalized spacial score (nSPS) is 10.5. The fourth-order valence-electron chi connectivity index (χ4n) is 2.33. The van der Waals surface area contributed by atoms with Gasteiger partial charge in [-0.15, -0.1) is 11.3 Å². The van der Waals surface area contributed by atoms with Crippen molar-refractivity contribution in [3.05, 3.63) is 69.8 Å². The molecule has 128 valence electrons. The molecule has 7 heteroatoms. The van der Waals surface area contributed by atoms with E-state index >= 15 is 0 Å². The van der Waals surface area contributed by atoms with Crippen molar-refractivity contribution in [1.82, 2.24) is 4.98 Å². The Morgan fingerprint density at radius 2 is 1.96 bits per heavy atom. The van der Waals surface area contributed by atoms with Crippen LogP contribution in [0.1, 0.15) is 21.1 Å². The van der Waals surface area contributed by atoms with E-state index in [1.807, 2.05) is 31.2 Å². The number of nitrogens with one attached hydrogen (secondary N) is 2. The molecule has 1 amide bonds. The molecule has 0 unspecified atom stereocenters. The lowest BCUT2D eigenvalue weighted by Crippen LogP contribution is -2.14. The Bertz CT molecular complexity index is 910. The van der Waals surface area contributed by atoms with E-state index in [2.05, 4.69) is 15.6 Å². The zero-order valence-electron chi connectivity index (χ0n) is 13.5. The third-order valence-electron chi connectivity index (χ3n) is 3.45. The van der Waals surface area contributed by atoms with Crippen molar-refractivity contribution >= 4 is 45.2 Å². The van der Waals surface area contributed by atoms with Gasteiger partial charge in [-0.05, 0) is 42.8 Å². The average Bonchev–Trinajstić information content (AvgIpc) is 2.95. The molecule has 0 aliphatic heterocycles. The number of aryl methyl sites for hydroxylation is 1. The molecular weight excluding hydrogens is 356 g/mol. The SMILES string of the molecule is Cc1nc(C(=O)Nc2cccc(Cl)c2)c(Nc2cccc(CN)c2)s1. The van der Waals surface area contributed by atoms with Gasteiger partial charge in [0.1, 0.15) is 5.00 Å². The molecule has 0 saturated heterocycles. The monoisotopic (exact) mass is 372 g/mol. The average molecular weight is 373 g/mol. The molecule has 0 bridgehead atoms. The van der Waals surface area contributed by atoms with Gasteiger partial charge >= 0.3 is 0 Å². The Labute approximate surface area is 154 Å². The maximum absolute atomic E-state index is 12.6. The number of nitrogens with two attached hydrogens (primary N) is 1. The quantitative estimate of drug-likeness (QED) is 0.613. The first-order valence-electron chi connectivity index (χ1n) is 7.65. The number of thiazole rings is 1. The van der Waals surface area contributed by atoms with E-state index in [-0.39, 0.29) is 5.91 Å². The molecule has 0 spiro atoms. The molecule has 3 rings (SSSR count). The first-order valence-corrected chi connectivity index (χ1v) is 8.85. The minimum Gasteiger partial charge on any atom is -0.345 e. The summed E-state index contributed by atoms with van der Waals surface area (Å²) in [5, 5.41) is 8.13. The van der Waals surface area contributed by atoms with Gasteiger partial charge in [-0.2, -0.15) is 0 Å². The van der Waals surface area contributed by atoms with Crippen LogP contribution >= 0.6 is 22.9 Å². The molecule has 1 aromatic heterocycles. The maximum atomic E-state index is 12.6. The van der Waals surface area contributed by atoms with Crippen LogP contribution in [0.2, 0.25) is 5.02 Å². The number of halogens is 1. The van der Waals surface area contributed by atoms with E-state index in [4.69, 9.17) is 17.3 Å². The molecular formula is C18H17ClN4OS. The highest BCUT2D eigenvalue weighted by atomic mass is 35.5. The van der Waals surface area contributed by atoms with Crippen molar-refractivity contribution in [3.8, 4) is 0 Å². The number of hydrogen-bond donors (Lipinski definition) is 3. The fraction of sp³-hybridized carbons (Fsp3) is 0.111. The number of benzene rings is 2. The maximum Gasteiger partial charge on any atom is 0.277 e. The minimum atomic E-state index is -0.288. The minimum absolute atomic E-state index is 0.288. The first kappa shape index (κ1) is 17.4. The summed E-state index contributed by atoms with van der Waals surface area (Å²) in [6, 6.07) is 14.8. The Hall–Kier alpha value is -2.41. The lowest BCUT2D eigenvalue weighted by Gasteiger charge is -2.08. The van der Waals surface area contributed by atoms with E-state index in [0.29, 0.717) is 27.9 Å². The molecule has 0 atom stereocenters. The fourth-order valence-corrected chi connectivity index (χ4v) is 3.36. The highest BCUT2D eigenvalue weighted by molar-refractivity contribution is 7.16. The van der Waals surface area contributed by atoms with Crippen molar-refractivity contribution in [1.29, 1.82) is 0 Å². The third kappa shape index (κ3) is 4.36. The van der Waals surface area contributed by atoms with E-state index in [1.54, 1.807) is 24.3 Å². The summed E-state index contributed by atoms with van der Waals surface area (Å²) < 4.78 is 0. The van der Waals surface area contributed by atoms with Gasteiger partial charge in [0.15, 0.2) is 5.69 Å². The van der Waals surface area contributed by atoms with Crippen molar-refractivity contribution < 1.29 is 4.79 Å². The molecule has 0 aliphatic carbocycles. The van der Waals surface area contributed by atoms with Crippen LogP contribution in [-0.4, -0.2) is 10.9 Å². The molecule has 0 saturated carbocycles. The second-order valence-corrected chi connectivity index (χ2v) is 7.04. The number of hydrogen-bond acceptors (Lipinski definition) is 5. The Morgan fingerprint density at radius 3 is 2.72 bits per heavy atom. The predicted molar refractivity (Wildman–Crippen MR) is 104 cm³/mol. The van der Waals surface area contributed by atoms with Crippen molar-refractivity contribution in [2.24, 2.45) is 5.73 Å². The topological polar surface area (TPSA) is 80.0 Å². The molecule has 0 fully saturated rings. The summed E-state index contributed by atoms with van der Waals surface area (Å²) in [7, 11) is 0. The second-order valence-electron chi connectivity index (χ2n) is 5.40. The number of carbonyl (C=O) groups excluding carboxylic acids is 1. The van der Waals surface area contributed by atoms with E-state index in [1.165, 1.54) is 11.3 Å². The lowest BCUT2D eigenvalue weighted by atomic mass is 10.2. The summed E-state index contributed by atoms with van der Waals surface area (Å²) in [4.78, 5) is 17.0. The zero-order valence-corrected chi connectivity index (χ0v) is 15.1. The van der Waals surface area contributed by atoms with Crippen LogP contribution in [0, 0.1) is 6.92 Å². The highest BCUT2D eigenvalue weighted by Gasteiger charge is 2.17. The van der Waals surface area contributed by atoms with E-state index in [0.717, 1.165) is 16.3 Å². The smallest absolute Gasteiger partial charge is 0.277 e. The summed E-state index contributed by atoms with van der Waals surface area (Å²) in [5.74, 6) is -0.288. The van der Waals surface area contributed by atoms with Gasteiger partial charge in [0.2, 0.25) is 0 Å². The predicted octanol–water partition coefficient (Wildman–Crippen LogP) is 4.56. The summed E-state index contributed by atoms with van der Waals surface area (Å²) >= 11 is 7.38. The van der Waals surface area contributed by atoms with Crippen LogP contribution in [0.5, 0.6) is 0 Å². The van der Waals surface area contributed by atoms with E-state index in [9.17, 15) is 4.79 Å². The van der Waals surface area contributed by atoms with Gasteiger partial charge in [0.25, 0.3) is 5.91 Å². The van der Waals surface area contributed by atoms with Crippen LogP contribution in [0.25, 0.3) is 0 Å². The Kier molecular flexibility index (Phi) is 5.33. The number of carbonyl (C=O) groups is 1. The molecule has 25 heavy (non-hydrogen) atoms. The van der Waals surface area contributed by atoms with Crippen LogP contribution in [0.4, 0.5) is 16.4 Å². The van der Waals surface area contributed by atoms with E-state index < -0.39 is 0 Å². The third-order valence-corrected chi connectivity index (χ3v) is 4.57. The highest BCUT2D eigenvalue weighted by Crippen LogP contribution is 2.29. The molecule has 0 aliphatic rings. The molecule has 0 radical (unpaired) electrons. The van der Waals surface area contributed by atoms with Gasteiger partial charge in [-0.3, -0.25) is 4.79 Å². The molecule has 2 aromatic carbocycles. The van der Waals surface area contributed by atoms with Crippen molar-refractivity contribution in [2.45, 2.75) is 13.5 Å². The summed E-state index contributed by atoms with van der Waals surface area (Å²) in [5.41, 5.74) is 8.53. The first-order chi connectivity index (χ1) is 12.0. The Balaban J connectivity index is 1.83. The van der Waals surface area contributed by atoms with Crippen molar-refractivity contribution in [2.75, 3.05) is 10.6 Å². The van der Waals surface area contributed by atoms with Gasteiger partial charge < -0.3 is 16.4 Å². The largest absolute Gasteiger partial charge is 0.345 e. The van der Waals surface area contributed by atoms with Gasteiger partial charge in [0.05, 0.1) is 5.01 Å². The Morgan fingerprint density at radius 1 is 1.20 bits per heavy atom. The molecule has 3 aromatic rings. The van der Waals surface area contributed by atoms with Gasteiger partial charge in [-0.25, -0.2) is 4.98 Å². The van der Waals surface area contributed by atoms with Crippen LogP contribution in [0.15, 0.2) is 48.5 Å². The number of nitrogens with zero attached hydrogens (tertiary/aromatic N) is 1. The van der Waals surface area contributed by atoms with Crippen molar-refractivity contribution in [3.63, 3.8) is 0 Å². The zero-order chi connectivity index (χ0) is 17.8. The number of rotatable bonds is 5. The molecule has 4 N–H and O–H groups in total.